The molecule has 0 aromatic rings. The summed E-state index contributed by atoms with van der Waals surface area (Å²) in [6.07, 6.45) is 2.71. The van der Waals surface area contributed by atoms with Crippen molar-refractivity contribution in [2.24, 2.45) is 5.73 Å². The summed E-state index contributed by atoms with van der Waals surface area (Å²) >= 11 is 2.03. The van der Waals surface area contributed by atoms with Crippen molar-refractivity contribution in [1.82, 2.24) is 5.32 Å². The number of rotatable bonds is 5. The Morgan fingerprint density at radius 1 is 1.67 bits per heavy atom. The fraction of sp³-hybridized carbons (Fsp3) is 1.00. The highest BCUT2D eigenvalue weighted by Gasteiger charge is 2.37. The normalized spacial score (nSPS) is 34.0. The molecule has 0 saturated carbocycles. The SMILES string of the molecule is COC(C)CNC1(CN)CCCSC1C. The Hall–Kier alpha value is 0.230. The molecule has 3 nitrogen and oxygen atoms in total. The highest BCUT2D eigenvalue weighted by Crippen LogP contribution is 2.33. The Bertz CT molecular complexity index is 191. The van der Waals surface area contributed by atoms with Crippen molar-refractivity contribution in [1.29, 1.82) is 0 Å². The second-order valence-corrected chi connectivity index (χ2v) is 5.85. The molecule has 4 heteroatoms. The summed E-state index contributed by atoms with van der Waals surface area (Å²) in [4.78, 5) is 0. The smallest absolute Gasteiger partial charge is 0.0667 e. The Morgan fingerprint density at radius 3 is 2.93 bits per heavy atom. The molecular formula is C11H24N2OS. The summed E-state index contributed by atoms with van der Waals surface area (Å²) in [7, 11) is 1.75. The van der Waals surface area contributed by atoms with E-state index in [1.807, 2.05) is 11.8 Å². The largest absolute Gasteiger partial charge is 0.380 e. The van der Waals surface area contributed by atoms with E-state index in [1.54, 1.807) is 7.11 Å². The van der Waals surface area contributed by atoms with Gasteiger partial charge < -0.3 is 15.8 Å². The van der Waals surface area contributed by atoms with Crippen molar-refractivity contribution in [2.75, 3.05) is 26.0 Å². The lowest BCUT2D eigenvalue weighted by Gasteiger charge is -2.42. The number of hydrogen-bond donors (Lipinski definition) is 2. The predicted molar refractivity (Wildman–Crippen MR) is 67.4 cm³/mol. The first-order chi connectivity index (χ1) is 7.14. The molecule has 0 aliphatic carbocycles. The monoisotopic (exact) mass is 232 g/mol. The summed E-state index contributed by atoms with van der Waals surface area (Å²) < 4.78 is 5.26. The highest BCUT2D eigenvalue weighted by atomic mass is 32.2. The number of ether oxygens (including phenoxy) is 1. The van der Waals surface area contributed by atoms with Crippen LogP contribution in [0, 0.1) is 0 Å². The number of hydrogen-bond acceptors (Lipinski definition) is 4. The van der Waals surface area contributed by atoms with E-state index in [-0.39, 0.29) is 11.6 Å². The molecule has 0 spiro atoms. The van der Waals surface area contributed by atoms with Gasteiger partial charge in [0.2, 0.25) is 0 Å². The van der Waals surface area contributed by atoms with Crippen LogP contribution < -0.4 is 11.1 Å². The van der Waals surface area contributed by atoms with Crippen molar-refractivity contribution >= 4 is 11.8 Å². The van der Waals surface area contributed by atoms with Gasteiger partial charge in [-0.3, -0.25) is 0 Å². The fourth-order valence-electron chi connectivity index (χ4n) is 2.01. The first-order valence-corrected chi connectivity index (χ1v) is 6.79. The molecule has 0 amide bonds. The Kier molecular flexibility index (Phi) is 5.39. The molecule has 0 bridgehead atoms. The van der Waals surface area contributed by atoms with Crippen molar-refractivity contribution in [3.8, 4) is 0 Å². The van der Waals surface area contributed by atoms with Crippen LogP contribution in [0.4, 0.5) is 0 Å². The van der Waals surface area contributed by atoms with E-state index in [0.29, 0.717) is 5.25 Å². The Labute approximate surface area is 97.5 Å². The summed E-state index contributed by atoms with van der Waals surface area (Å²) in [6, 6.07) is 0. The van der Waals surface area contributed by atoms with Crippen molar-refractivity contribution in [3.63, 3.8) is 0 Å². The fourth-order valence-corrected chi connectivity index (χ4v) is 3.29. The van der Waals surface area contributed by atoms with Crippen molar-refractivity contribution < 1.29 is 4.74 Å². The van der Waals surface area contributed by atoms with Gasteiger partial charge in [0.1, 0.15) is 0 Å². The molecule has 1 aliphatic rings. The topological polar surface area (TPSA) is 47.3 Å². The third-order valence-corrected chi connectivity index (χ3v) is 4.90. The van der Waals surface area contributed by atoms with E-state index >= 15 is 0 Å². The summed E-state index contributed by atoms with van der Waals surface area (Å²) in [5.41, 5.74) is 6.06. The van der Waals surface area contributed by atoms with Crippen LogP contribution in [0.3, 0.4) is 0 Å². The van der Waals surface area contributed by atoms with Crippen LogP contribution in [0.15, 0.2) is 0 Å². The number of nitrogens with two attached hydrogens (primary N) is 1. The molecular weight excluding hydrogens is 208 g/mol. The van der Waals surface area contributed by atoms with Gasteiger partial charge in [0.25, 0.3) is 0 Å². The molecule has 0 radical (unpaired) electrons. The molecule has 90 valence electrons. The van der Waals surface area contributed by atoms with Gasteiger partial charge in [-0.25, -0.2) is 0 Å². The number of thioether (sulfide) groups is 1. The van der Waals surface area contributed by atoms with Crippen LogP contribution in [0.2, 0.25) is 0 Å². The third kappa shape index (κ3) is 3.34. The zero-order valence-electron chi connectivity index (χ0n) is 10.1. The van der Waals surface area contributed by atoms with Crippen molar-refractivity contribution in [3.05, 3.63) is 0 Å². The maximum absolute atomic E-state index is 5.94. The van der Waals surface area contributed by atoms with Gasteiger partial charge in [-0.1, -0.05) is 6.92 Å². The number of nitrogens with one attached hydrogen (secondary N) is 1. The lowest BCUT2D eigenvalue weighted by Crippen LogP contribution is -2.60. The molecule has 1 saturated heterocycles. The van der Waals surface area contributed by atoms with Crippen LogP contribution in [0.25, 0.3) is 0 Å². The van der Waals surface area contributed by atoms with E-state index in [4.69, 9.17) is 10.5 Å². The molecule has 0 aromatic heterocycles. The zero-order chi connectivity index (χ0) is 11.3. The van der Waals surface area contributed by atoms with E-state index in [1.165, 1.54) is 18.6 Å². The summed E-state index contributed by atoms with van der Waals surface area (Å²) in [6.45, 7) is 5.97. The van der Waals surface area contributed by atoms with Gasteiger partial charge in [-0.05, 0) is 25.5 Å². The minimum atomic E-state index is 0.121. The van der Waals surface area contributed by atoms with E-state index in [0.717, 1.165) is 13.1 Å². The molecule has 0 aromatic carbocycles. The van der Waals surface area contributed by atoms with Crippen LogP contribution >= 0.6 is 11.8 Å². The van der Waals surface area contributed by atoms with Gasteiger partial charge in [0, 0.05) is 31.0 Å². The average Bonchev–Trinajstić information content (AvgIpc) is 2.28. The molecule has 3 unspecified atom stereocenters. The van der Waals surface area contributed by atoms with Crippen LogP contribution in [-0.4, -0.2) is 42.8 Å². The standard InChI is InChI=1S/C11H24N2OS/c1-9(14-3)7-13-11(8-12)5-4-6-15-10(11)2/h9-10,13H,4-8,12H2,1-3H3. The zero-order valence-corrected chi connectivity index (χ0v) is 10.9. The average molecular weight is 232 g/mol. The van der Waals surface area contributed by atoms with Crippen LogP contribution in [0.5, 0.6) is 0 Å². The molecule has 1 heterocycles. The van der Waals surface area contributed by atoms with Crippen LogP contribution in [-0.2, 0) is 4.74 Å². The maximum Gasteiger partial charge on any atom is 0.0667 e. The molecule has 15 heavy (non-hydrogen) atoms. The molecule has 3 atom stereocenters. The van der Waals surface area contributed by atoms with Gasteiger partial charge >= 0.3 is 0 Å². The summed E-state index contributed by atoms with van der Waals surface area (Å²) in [5, 5.41) is 4.21. The van der Waals surface area contributed by atoms with Gasteiger partial charge in [-0.2, -0.15) is 11.8 Å². The van der Waals surface area contributed by atoms with Gasteiger partial charge in [0.15, 0.2) is 0 Å². The minimum Gasteiger partial charge on any atom is -0.380 e. The predicted octanol–water partition coefficient (Wildman–Crippen LogP) is 1.22. The van der Waals surface area contributed by atoms with E-state index < -0.39 is 0 Å². The summed E-state index contributed by atoms with van der Waals surface area (Å²) in [5.74, 6) is 1.27. The Morgan fingerprint density at radius 2 is 2.40 bits per heavy atom. The Balaban J connectivity index is 2.50. The maximum atomic E-state index is 5.94. The van der Waals surface area contributed by atoms with Gasteiger partial charge in [0.05, 0.1) is 6.10 Å². The molecule has 3 N–H and O–H groups in total. The van der Waals surface area contributed by atoms with E-state index in [9.17, 15) is 0 Å². The number of methoxy groups -OCH3 is 1. The molecule has 1 fully saturated rings. The first-order valence-electron chi connectivity index (χ1n) is 5.74. The molecule has 1 aliphatic heterocycles. The van der Waals surface area contributed by atoms with Gasteiger partial charge in [-0.15, -0.1) is 0 Å². The van der Waals surface area contributed by atoms with E-state index in [2.05, 4.69) is 19.2 Å². The first kappa shape index (κ1) is 13.3. The molecule has 1 rings (SSSR count). The van der Waals surface area contributed by atoms with Crippen molar-refractivity contribution in [2.45, 2.75) is 43.6 Å². The third-order valence-electron chi connectivity index (χ3n) is 3.42. The lowest BCUT2D eigenvalue weighted by atomic mass is 9.89. The second kappa shape index (κ2) is 6.09. The minimum absolute atomic E-state index is 0.121. The highest BCUT2D eigenvalue weighted by molar-refractivity contribution is 8.00. The van der Waals surface area contributed by atoms with Crippen LogP contribution in [0.1, 0.15) is 26.7 Å². The lowest BCUT2D eigenvalue weighted by molar-refractivity contribution is 0.105. The second-order valence-electron chi connectivity index (χ2n) is 4.40. The quantitative estimate of drug-likeness (QED) is 0.748.